The first kappa shape index (κ1) is 8.68. The summed E-state index contributed by atoms with van der Waals surface area (Å²) in [5.41, 5.74) is 5.86. The van der Waals surface area contributed by atoms with Crippen molar-refractivity contribution in [1.29, 1.82) is 0 Å². The maximum absolute atomic E-state index is 12.8. The Kier molecular flexibility index (Phi) is 1.92. The van der Waals surface area contributed by atoms with Crippen LogP contribution in [0.5, 0.6) is 0 Å². The van der Waals surface area contributed by atoms with Crippen LogP contribution in [0.1, 0.15) is 0 Å². The van der Waals surface area contributed by atoms with Gasteiger partial charge in [-0.1, -0.05) is 0 Å². The van der Waals surface area contributed by atoms with Crippen LogP contribution >= 0.6 is 0 Å². The first-order valence-corrected chi connectivity index (χ1v) is 3.92. The highest BCUT2D eigenvalue weighted by Crippen LogP contribution is 2.13. The van der Waals surface area contributed by atoms with Gasteiger partial charge in [0.15, 0.2) is 11.6 Å². The van der Waals surface area contributed by atoms with Crippen LogP contribution in [0.3, 0.4) is 0 Å². The van der Waals surface area contributed by atoms with E-state index in [1.54, 1.807) is 0 Å². The second kappa shape index (κ2) is 3.10. The average Bonchev–Trinajstić information content (AvgIpc) is 2.57. The number of halogens is 2. The lowest BCUT2D eigenvalue weighted by Gasteiger charge is -2.01. The molecule has 0 aliphatic carbocycles. The number of anilines is 1. The molecule has 0 amide bonds. The van der Waals surface area contributed by atoms with Crippen LogP contribution in [0.2, 0.25) is 0 Å². The minimum Gasteiger partial charge on any atom is -0.382 e. The van der Waals surface area contributed by atoms with Crippen LogP contribution in [-0.4, -0.2) is 9.55 Å². The monoisotopic (exact) mass is 195 g/mol. The summed E-state index contributed by atoms with van der Waals surface area (Å²) >= 11 is 0. The van der Waals surface area contributed by atoms with Crippen molar-refractivity contribution in [2.45, 2.75) is 0 Å². The number of hydrogen-bond donors (Lipinski definition) is 1. The van der Waals surface area contributed by atoms with Gasteiger partial charge in [0.2, 0.25) is 0 Å². The summed E-state index contributed by atoms with van der Waals surface area (Å²) in [6.45, 7) is 0. The second-order valence-electron chi connectivity index (χ2n) is 2.80. The molecular formula is C9H7F2N3. The summed E-state index contributed by atoms with van der Waals surface area (Å²) in [5, 5.41) is 0. The third-order valence-corrected chi connectivity index (χ3v) is 1.80. The Morgan fingerprint density at radius 3 is 2.57 bits per heavy atom. The predicted octanol–water partition coefficient (Wildman–Crippen LogP) is 1.73. The molecule has 5 heteroatoms. The smallest absolute Gasteiger partial charge is 0.160 e. The second-order valence-corrected chi connectivity index (χ2v) is 2.80. The van der Waals surface area contributed by atoms with Crippen molar-refractivity contribution in [3.63, 3.8) is 0 Å². The molecule has 0 atom stereocenters. The number of nitrogens with two attached hydrogens (primary N) is 1. The molecule has 2 rings (SSSR count). The van der Waals surface area contributed by atoms with Gasteiger partial charge < -0.3 is 10.3 Å². The molecule has 2 aromatic rings. The largest absolute Gasteiger partial charge is 0.382 e. The number of nitrogens with zero attached hydrogens (tertiary/aromatic N) is 2. The van der Waals surface area contributed by atoms with Gasteiger partial charge in [0.1, 0.15) is 12.1 Å². The number of aromatic nitrogens is 2. The Balaban J connectivity index is 2.47. The molecule has 0 bridgehead atoms. The van der Waals surface area contributed by atoms with E-state index in [-0.39, 0.29) is 0 Å². The number of imidazole rings is 1. The molecule has 72 valence electrons. The van der Waals surface area contributed by atoms with Crippen molar-refractivity contribution in [3.8, 4) is 5.69 Å². The maximum atomic E-state index is 12.8. The van der Waals surface area contributed by atoms with Gasteiger partial charge in [-0.05, 0) is 12.1 Å². The highest BCUT2D eigenvalue weighted by molar-refractivity contribution is 5.36. The molecule has 0 radical (unpaired) electrons. The van der Waals surface area contributed by atoms with E-state index < -0.39 is 11.6 Å². The molecule has 1 aromatic heterocycles. The third-order valence-electron chi connectivity index (χ3n) is 1.80. The zero-order valence-electron chi connectivity index (χ0n) is 7.11. The standard InChI is InChI=1S/C9H7F2N3/c10-7-2-1-6(3-8(7)11)14-4-9(12)13-5-14/h1-5H,12H2. The fourth-order valence-corrected chi connectivity index (χ4v) is 1.12. The summed E-state index contributed by atoms with van der Waals surface area (Å²) < 4.78 is 26.9. The third kappa shape index (κ3) is 1.44. The van der Waals surface area contributed by atoms with Crippen LogP contribution in [0.25, 0.3) is 5.69 Å². The van der Waals surface area contributed by atoms with Crippen LogP contribution in [0, 0.1) is 11.6 Å². The fourth-order valence-electron chi connectivity index (χ4n) is 1.12. The van der Waals surface area contributed by atoms with Crippen molar-refractivity contribution in [2.75, 3.05) is 5.73 Å². The lowest BCUT2D eigenvalue weighted by Crippen LogP contribution is -1.93. The highest BCUT2D eigenvalue weighted by Gasteiger charge is 2.03. The van der Waals surface area contributed by atoms with Crippen LogP contribution in [-0.2, 0) is 0 Å². The molecule has 0 aliphatic rings. The molecule has 0 unspecified atom stereocenters. The van der Waals surface area contributed by atoms with E-state index in [2.05, 4.69) is 4.98 Å². The lowest BCUT2D eigenvalue weighted by molar-refractivity contribution is 0.508. The topological polar surface area (TPSA) is 43.8 Å². The van der Waals surface area contributed by atoms with E-state index in [0.29, 0.717) is 11.5 Å². The molecule has 1 heterocycles. The molecule has 0 aliphatic heterocycles. The number of benzene rings is 1. The summed E-state index contributed by atoms with van der Waals surface area (Å²) in [4.78, 5) is 3.77. The molecule has 3 nitrogen and oxygen atoms in total. The van der Waals surface area contributed by atoms with Gasteiger partial charge in [0, 0.05) is 11.8 Å². The van der Waals surface area contributed by atoms with Crippen LogP contribution < -0.4 is 5.73 Å². The fraction of sp³-hybridized carbons (Fsp3) is 0. The van der Waals surface area contributed by atoms with E-state index in [1.165, 1.54) is 23.2 Å². The molecule has 2 N–H and O–H groups in total. The van der Waals surface area contributed by atoms with Crippen molar-refractivity contribution in [2.24, 2.45) is 0 Å². The van der Waals surface area contributed by atoms with Crippen molar-refractivity contribution < 1.29 is 8.78 Å². The molecule has 0 fully saturated rings. The van der Waals surface area contributed by atoms with Crippen molar-refractivity contribution in [1.82, 2.24) is 9.55 Å². The lowest BCUT2D eigenvalue weighted by atomic mass is 10.3. The predicted molar refractivity (Wildman–Crippen MR) is 47.9 cm³/mol. The van der Waals surface area contributed by atoms with Gasteiger partial charge in [-0.25, -0.2) is 13.8 Å². The minimum atomic E-state index is -0.894. The molecule has 1 aromatic carbocycles. The quantitative estimate of drug-likeness (QED) is 0.753. The van der Waals surface area contributed by atoms with E-state index in [1.807, 2.05) is 0 Å². The van der Waals surface area contributed by atoms with Crippen molar-refractivity contribution >= 4 is 5.82 Å². The summed E-state index contributed by atoms with van der Waals surface area (Å²) in [6, 6.07) is 3.58. The molecule has 0 spiro atoms. The Labute approximate surface area is 78.8 Å². The Morgan fingerprint density at radius 1 is 1.21 bits per heavy atom. The molecule has 0 saturated carbocycles. The number of rotatable bonds is 1. The highest BCUT2D eigenvalue weighted by atomic mass is 19.2. The minimum absolute atomic E-state index is 0.328. The first-order chi connectivity index (χ1) is 6.66. The zero-order valence-corrected chi connectivity index (χ0v) is 7.11. The Bertz CT molecular complexity index is 465. The van der Waals surface area contributed by atoms with Gasteiger partial charge in [-0.3, -0.25) is 0 Å². The Hall–Kier alpha value is -1.91. The van der Waals surface area contributed by atoms with E-state index >= 15 is 0 Å². The van der Waals surface area contributed by atoms with E-state index in [4.69, 9.17) is 5.73 Å². The zero-order chi connectivity index (χ0) is 10.1. The number of nitrogen functional groups attached to an aromatic ring is 1. The average molecular weight is 195 g/mol. The Morgan fingerprint density at radius 2 is 2.00 bits per heavy atom. The normalized spacial score (nSPS) is 10.4. The van der Waals surface area contributed by atoms with Crippen LogP contribution in [0.15, 0.2) is 30.7 Å². The van der Waals surface area contributed by atoms with Crippen LogP contribution in [0.4, 0.5) is 14.6 Å². The van der Waals surface area contributed by atoms with Crippen molar-refractivity contribution in [3.05, 3.63) is 42.4 Å². The van der Waals surface area contributed by atoms with Gasteiger partial charge >= 0.3 is 0 Å². The SMILES string of the molecule is Nc1cn(-c2ccc(F)c(F)c2)cn1. The molecule has 0 saturated heterocycles. The van der Waals surface area contributed by atoms with Gasteiger partial charge in [0.25, 0.3) is 0 Å². The summed E-state index contributed by atoms with van der Waals surface area (Å²) in [7, 11) is 0. The van der Waals surface area contributed by atoms with E-state index in [0.717, 1.165) is 12.1 Å². The molecular weight excluding hydrogens is 188 g/mol. The summed E-state index contributed by atoms with van der Waals surface area (Å²) in [6.07, 6.45) is 2.95. The maximum Gasteiger partial charge on any atom is 0.160 e. The summed E-state index contributed by atoms with van der Waals surface area (Å²) in [5.74, 6) is -1.44. The van der Waals surface area contributed by atoms with Gasteiger partial charge in [-0.15, -0.1) is 0 Å². The van der Waals surface area contributed by atoms with Gasteiger partial charge in [-0.2, -0.15) is 0 Å². The van der Waals surface area contributed by atoms with E-state index in [9.17, 15) is 8.78 Å². The van der Waals surface area contributed by atoms with Gasteiger partial charge in [0.05, 0.1) is 6.20 Å². The molecule has 14 heavy (non-hydrogen) atoms. The number of hydrogen-bond acceptors (Lipinski definition) is 2. The first-order valence-electron chi connectivity index (χ1n) is 3.92.